The zero-order valence-corrected chi connectivity index (χ0v) is 19.0. The first kappa shape index (κ1) is 23.4. The van der Waals surface area contributed by atoms with Crippen LogP contribution in [-0.4, -0.2) is 51.0 Å². The van der Waals surface area contributed by atoms with E-state index in [0.29, 0.717) is 19.5 Å². The van der Waals surface area contributed by atoms with Gasteiger partial charge in [-0.2, -0.15) is 0 Å². The van der Waals surface area contributed by atoms with Crippen molar-refractivity contribution in [3.05, 3.63) is 54.1 Å². The van der Waals surface area contributed by atoms with Gasteiger partial charge in [0.15, 0.2) is 5.16 Å². The number of hydrogen-bond donors (Lipinski definition) is 2. The van der Waals surface area contributed by atoms with E-state index in [0.717, 1.165) is 21.8 Å². The van der Waals surface area contributed by atoms with Crippen LogP contribution in [0.5, 0.6) is 5.75 Å². The number of nitrogens with one attached hydrogen (secondary N) is 2. The minimum Gasteiger partial charge on any atom is -0.406 e. The number of aromatic nitrogens is 2. The van der Waals surface area contributed by atoms with Gasteiger partial charge in [0.2, 0.25) is 5.91 Å². The fraction of sp³-hybridized carbons (Fsp3) is 0.391. The molecule has 4 rings (SSSR count). The van der Waals surface area contributed by atoms with Crippen molar-refractivity contribution in [2.24, 2.45) is 0 Å². The Morgan fingerprint density at radius 3 is 2.64 bits per heavy atom. The predicted octanol–water partition coefficient (Wildman–Crippen LogP) is 4.72. The van der Waals surface area contributed by atoms with Gasteiger partial charge < -0.3 is 15.0 Å². The number of benzene rings is 2. The number of hydrogen-bond acceptors (Lipinski definition) is 5. The third kappa shape index (κ3) is 6.20. The number of halogens is 3. The standard InChI is InChI=1S/C23H25F3N4O2S/c1-14(2)27-21(31)20-11-17(33-22-28-18-5-3-4-6-19(18)29-22)13-30(20)12-15-7-9-16(10-8-15)32-23(24,25)26/h3-10,14,17,20H,11-13H2,1-2H3,(H,27,31)(H,28,29)/t17-,20+/m1/s1. The first-order valence-electron chi connectivity index (χ1n) is 10.7. The lowest BCUT2D eigenvalue weighted by atomic mass is 10.1. The van der Waals surface area contributed by atoms with Crippen LogP contribution in [0.25, 0.3) is 11.0 Å². The van der Waals surface area contributed by atoms with Gasteiger partial charge in [-0.05, 0) is 50.1 Å². The van der Waals surface area contributed by atoms with Crippen molar-refractivity contribution in [3.63, 3.8) is 0 Å². The molecule has 0 unspecified atom stereocenters. The van der Waals surface area contributed by atoms with Crippen molar-refractivity contribution in [1.82, 2.24) is 20.2 Å². The summed E-state index contributed by atoms with van der Waals surface area (Å²) in [5.74, 6) is -0.310. The molecule has 2 heterocycles. The van der Waals surface area contributed by atoms with Crippen LogP contribution in [0.3, 0.4) is 0 Å². The van der Waals surface area contributed by atoms with Crippen LogP contribution in [0, 0.1) is 0 Å². The van der Waals surface area contributed by atoms with Crippen molar-refractivity contribution >= 4 is 28.7 Å². The molecule has 1 aliphatic rings. The molecule has 2 atom stereocenters. The zero-order chi connectivity index (χ0) is 23.6. The van der Waals surface area contributed by atoms with E-state index in [1.807, 2.05) is 38.1 Å². The normalized spacial score (nSPS) is 19.3. The summed E-state index contributed by atoms with van der Waals surface area (Å²) in [6.45, 7) is 4.92. The van der Waals surface area contributed by atoms with Gasteiger partial charge >= 0.3 is 6.36 Å². The van der Waals surface area contributed by atoms with Gasteiger partial charge in [0, 0.05) is 24.4 Å². The predicted molar refractivity (Wildman–Crippen MR) is 121 cm³/mol. The van der Waals surface area contributed by atoms with Crippen molar-refractivity contribution in [2.45, 2.75) is 55.7 Å². The minimum atomic E-state index is -4.72. The van der Waals surface area contributed by atoms with Crippen molar-refractivity contribution in [1.29, 1.82) is 0 Å². The van der Waals surface area contributed by atoms with E-state index in [-0.39, 0.29) is 29.0 Å². The molecule has 33 heavy (non-hydrogen) atoms. The summed E-state index contributed by atoms with van der Waals surface area (Å²) in [5, 5.41) is 3.93. The number of aromatic amines is 1. The summed E-state index contributed by atoms with van der Waals surface area (Å²) >= 11 is 1.61. The fourth-order valence-corrected chi connectivity index (χ4v) is 5.13. The molecular formula is C23H25F3N4O2S. The maximum absolute atomic E-state index is 12.9. The number of H-pyrrole nitrogens is 1. The second kappa shape index (κ2) is 9.64. The van der Waals surface area contributed by atoms with Crippen LogP contribution in [0.15, 0.2) is 53.7 Å². The molecule has 1 saturated heterocycles. The lowest BCUT2D eigenvalue weighted by Crippen LogP contribution is -2.45. The number of carbonyl (C=O) groups is 1. The van der Waals surface area contributed by atoms with Crippen LogP contribution in [0.1, 0.15) is 25.8 Å². The zero-order valence-electron chi connectivity index (χ0n) is 18.2. The van der Waals surface area contributed by atoms with Gasteiger partial charge in [0.25, 0.3) is 0 Å². The van der Waals surface area contributed by atoms with E-state index in [2.05, 4.69) is 24.9 Å². The van der Waals surface area contributed by atoms with Crippen molar-refractivity contribution in [3.8, 4) is 5.75 Å². The third-order valence-corrected chi connectivity index (χ3v) is 6.38. The van der Waals surface area contributed by atoms with Gasteiger partial charge in [-0.15, -0.1) is 13.2 Å². The Labute approximate surface area is 193 Å². The Balaban J connectivity index is 1.47. The molecular weight excluding hydrogens is 453 g/mol. The van der Waals surface area contributed by atoms with Crippen LogP contribution < -0.4 is 10.1 Å². The van der Waals surface area contributed by atoms with Gasteiger partial charge in [0.1, 0.15) is 5.75 Å². The van der Waals surface area contributed by atoms with E-state index in [9.17, 15) is 18.0 Å². The van der Waals surface area contributed by atoms with Crippen LogP contribution in [0.2, 0.25) is 0 Å². The van der Waals surface area contributed by atoms with Crippen LogP contribution in [-0.2, 0) is 11.3 Å². The number of para-hydroxylation sites is 2. The number of thioether (sulfide) groups is 1. The molecule has 2 aromatic carbocycles. The molecule has 2 N–H and O–H groups in total. The highest BCUT2D eigenvalue weighted by atomic mass is 32.2. The number of alkyl halides is 3. The highest BCUT2D eigenvalue weighted by Crippen LogP contribution is 2.34. The summed E-state index contributed by atoms with van der Waals surface area (Å²) in [6.07, 6.45) is -4.08. The Morgan fingerprint density at radius 1 is 1.24 bits per heavy atom. The van der Waals surface area contributed by atoms with E-state index in [1.165, 1.54) is 12.1 Å². The number of ether oxygens (including phenoxy) is 1. The molecule has 3 aromatic rings. The monoisotopic (exact) mass is 478 g/mol. The molecule has 0 radical (unpaired) electrons. The largest absolute Gasteiger partial charge is 0.573 e. The molecule has 10 heteroatoms. The fourth-order valence-electron chi connectivity index (χ4n) is 3.95. The highest BCUT2D eigenvalue weighted by molar-refractivity contribution is 7.99. The van der Waals surface area contributed by atoms with E-state index in [4.69, 9.17) is 0 Å². The molecule has 1 amide bonds. The number of amides is 1. The molecule has 0 spiro atoms. The number of nitrogens with zero attached hydrogens (tertiary/aromatic N) is 2. The summed E-state index contributed by atoms with van der Waals surface area (Å²) in [7, 11) is 0. The SMILES string of the molecule is CC(C)NC(=O)[C@@H]1C[C@@H](Sc2nc3ccccc3[nH]2)CN1Cc1ccc(OC(F)(F)F)cc1. The average molecular weight is 479 g/mol. The minimum absolute atomic E-state index is 0.0141. The van der Waals surface area contributed by atoms with E-state index >= 15 is 0 Å². The Morgan fingerprint density at radius 2 is 1.97 bits per heavy atom. The maximum Gasteiger partial charge on any atom is 0.573 e. The van der Waals surface area contributed by atoms with Gasteiger partial charge in [-0.3, -0.25) is 9.69 Å². The smallest absolute Gasteiger partial charge is 0.406 e. The maximum atomic E-state index is 12.9. The topological polar surface area (TPSA) is 70.2 Å². The number of imidazole rings is 1. The summed E-state index contributed by atoms with van der Waals surface area (Å²) in [5.41, 5.74) is 2.66. The Hall–Kier alpha value is -2.72. The molecule has 0 saturated carbocycles. The second-order valence-corrected chi connectivity index (χ2v) is 9.62. The molecule has 1 aromatic heterocycles. The second-order valence-electron chi connectivity index (χ2n) is 8.33. The summed E-state index contributed by atoms with van der Waals surface area (Å²) < 4.78 is 41.2. The molecule has 0 bridgehead atoms. The third-order valence-electron chi connectivity index (χ3n) is 5.29. The van der Waals surface area contributed by atoms with Crippen LogP contribution >= 0.6 is 11.8 Å². The molecule has 1 fully saturated rings. The van der Waals surface area contributed by atoms with Crippen LogP contribution in [0.4, 0.5) is 13.2 Å². The number of likely N-dealkylation sites (tertiary alicyclic amines) is 1. The highest BCUT2D eigenvalue weighted by Gasteiger charge is 2.38. The first-order chi connectivity index (χ1) is 15.7. The van der Waals surface area contributed by atoms with Crippen molar-refractivity contribution in [2.75, 3.05) is 6.54 Å². The number of fused-ring (bicyclic) bond motifs is 1. The summed E-state index contributed by atoms with van der Waals surface area (Å²) in [6, 6.07) is 13.3. The molecule has 176 valence electrons. The van der Waals surface area contributed by atoms with E-state index < -0.39 is 6.36 Å². The van der Waals surface area contributed by atoms with Gasteiger partial charge in [-0.1, -0.05) is 36.0 Å². The van der Waals surface area contributed by atoms with Crippen molar-refractivity contribution < 1.29 is 22.7 Å². The lowest BCUT2D eigenvalue weighted by Gasteiger charge is -2.24. The van der Waals surface area contributed by atoms with E-state index in [1.54, 1.807) is 23.9 Å². The quantitative estimate of drug-likeness (QED) is 0.514. The molecule has 6 nitrogen and oxygen atoms in total. The Bertz CT molecular complexity index is 1070. The number of rotatable bonds is 7. The molecule has 1 aliphatic heterocycles. The van der Waals surface area contributed by atoms with Gasteiger partial charge in [-0.25, -0.2) is 4.98 Å². The summed E-state index contributed by atoms with van der Waals surface area (Å²) in [4.78, 5) is 22.9. The average Bonchev–Trinajstić information content (AvgIpc) is 3.31. The first-order valence-corrected chi connectivity index (χ1v) is 11.5. The molecule has 0 aliphatic carbocycles. The van der Waals surface area contributed by atoms with Gasteiger partial charge in [0.05, 0.1) is 17.1 Å². The number of carbonyl (C=O) groups excluding carboxylic acids is 1. The Kier molecular flexibility index (Phi) is 6.85. The lowest BCUT2D eigenvalue weighted by molar-refractivity contribution is -0.274.